The molecule has 1 amide bonds. The van der Waals surface area contributed by atoms with Crippen LogP contribution < -0.4 is 10.1 Å². The van der Waals surface area contributed by atoms with Gasteiger partial charge in [0.25, 0.3) is 0 Å². The summed E-state index contributed by atoms with van der Waals surface area (Å²) in [6.45, 7) is 0. The predicted molar refractivity (Wildman–Crippen MR) is 121 cm³/mol. The lowest BCUT2D eigenvalue weighted by atomic mass is 10.2. The third kappa shape index (κ3) is 3.79. The molecule has 4 aromatic heterocycles. The third-order valence-electron chi connectivity index (χ3n) is 5.17. The summed E-state index contributed by atoms with van der Waals surface area (Å²) in [4.78, 5) is 24.5. The zero-order valence-electron chi connectivity index (χ0n) is 18.1. The lowest BCUT2D eigenvalue weighted by Crippen LogP contribution is -2.11. The Morgan fingerprint density at radius 3 is 2.62 bits per heavy atom. The van der Waals surface area contributed by atoms with Gasteiger partial charge in [-0.1, -0.05) is 0 Å². The summed E-state index contributed by atoms with van der Waals surface area (Å²) in [6, 6.07) is 11.7. The number of methoxy groups -OCH3 is 2. The highest BCUT2D eigenvalue weighted by Crippen LogP contribution is 2.27. The number of nitrogens with zero attached hydrogens (tertiary/aromatic N) is 6. The van der Waals surface area contributed by atoms with Crippen molar-refractivity contribution in [3.8, 4) is 34.1 Å². The fourth-order valence-corrected chi connectivity index (χ4v) is 3.51. The van der Waals surface area contributed by atoms with Gasteiger partial charge in [0.2, 0.25) is 0 Å². The molecule has 1 aromatic carbocycles. The molecule has 0 unspecified atom stereocenters. The predicted octanol–water partition coefficient (Wildman–Crippen LogP) is 3.97. The largest absolute Gasteiger partial charge is 0.494 e. The van der Waals surface area contributed by atoms with Crippen molar-refractivity contribution in [2.45, 2.75) is 0 Å². The van der Waals surface area contributed by atoms with E-state index in [4.69, 9.17) is 4.74 Å². The van der Waals surface area contributed by atoms with Crippen molar-refractivity contribution in [1.82, 2.24) is 29.1 Å². The number of hydrogen-bond acceptors (Lipinski definition) is 7. The minimum Gasteiger partial charge on any atom is -0.494 e. The van der Waals surface area contributed by atoms with Crippen molar-refractivity contribution < 1.29 is 18.7 Å². The molecule has 0 aliphatic rings. The fraction of sp³-hybridized carbons (Fsp3) is 0.0870. The van der Waals surface area contributed by atoms with Gasteiger partial charge in [0.05, 0.1) is 31.8 Å². The van der Waals surface area contributed by atoms with Crippen molar-refractivity contribution in [1.29, 1.82) is 0 Å². The molecule has 0 saturated heterocycles. The molecule has 5 aromatic rings. The van der Waals surface area contributed by atoms with E-state index >= 15 is 0 Å². The van der Waals surface area contributed by atoms with E-state index < -0.39 is 11.9 Å². The minimum absolute atomic E-state index is 0.115. The minimum atomic E-state index is -0.595. The van der Waals surface area contributed by atoms with Crippen molar-refractivity contribution in [3.63, 3.8) is 0 Å². The molecular weight excluding hydrogens is 441 g/mol. The second-order valence-electron chi connectivity index (χ2n) is 7.15. The van der Waals surface area contributed by atoms with Crippen LogP contribution in [0.1, 0.15) is 0 Å². The Hall–Kier alpha value is -4.80. The number of amides is 1. The molecule has 34 heavy (non-hydrogen) atoms. The molecule has 0 aliphatic carbocycles. The second-order valence-corrected chi connectivity index (χ2v) is 7.15. The van der Waals surface area contributed by atoms with Crippen LogP contribution in [0.15, 0.2) is 67.4 Å². The van der Waals surface area contributed by atoms with Gasteiger partial charge in [-0.25, -0.2) is 28.8 Å². The zero-order valence-corrected chi connectivity index (χ0v) is 18.1. The van der Waals surface area contributed by atoms with Gasteiger partial charge >= 0.3 is 6.09 Å². The van der Waals surface area contributed by atoms with Crippen LogP contribution in [0.4, 0.5) is 15.0 Å². The fourth-order valence-electron chi connectivity index (χ4n) is 3.51. The van der Waals surface area contributed by atoms with Gasteiger partial charge in [0.1, 0.15) is 17.8 Å². The maximum absolute atomic E-state index is 13.9. The SMILES string of the molecule is COC(=O)Nc1ccc(-c2cnc3ccc(-c4ncnn4-c4ccc(F)c(OC)c4)cn23)cn1. The van der Waals surface area contributed by atoms with E-state index in [0.717, 1.165) is 22.5 Å². The highest BCUT2D eigenvalue weighted by Gasteiger charge is 2.14. The first-order valence-corrected chi connectivity index (χ1v) is 10.1. The number of carbonyl (C=O) groups excluding carboxylic acids is 1. The Labute approximate surface area is 192 Å². The standard InChI is InChI=1S/C23H18FN7O3/c1-33-19-9-16(5-6-17(19)24)31-22(27-13-28-31)15-4-8-21-26-11-18(30(21)12-15)14-3-7-20(25-10-14)29-23(32)34-2/h3-13H,1-2H3,(H,25,29,32). The maximum Gasteiger partial charge on any atom is 0.412 e. The summed E-state index contributed by atoms with van der Waals surface area (Å²) >= 11 is 0. The molecule has 4 heterocycles. The summed E-state index contributed by atoms with van der Waals surface area (Å²) in [5, 5.41) is 6.82. The molecule has 0 radical (unpaired) electrons. The molecule has 0 bridgehead atoms. The topological polar surface area (TPSA) is 108 Å². The summed E-state index contributed by atoms with van der Waals surface area (Å²) in [5.41, 5.74) is 3.69. The molecule has 0 aliphatic heterocycles. The molecule has 0 saturated carbocycles. The van der Waals surface area contributed by atoms with Gasteiger partial charge < -0.3 is 9.47 Å². The number of hydrogen-bond donors (Lipinski definition) is 1. The number of imidazole rings is 1. The lowest BCUT2D eigenvalue weighted by Gasteiger charge is -2.10. The molecular formula is C23H18FN7O3. The number of carbonyl (C=O) groups is 1. The zero-order chi connectivity index (χ0) is 23.7. The molecule has 170 valence electrons. The number of pyridine rings is 2. The van der Waals surface area contributed by atoms with Crippen molar-refractivity contribution >= 4 is 17.6 Å². The Kier molecular flexibility index (Phi) is 5.34. The van der Waals surface area contributed by atoms with Crippen LogP contribution in [0.25, 0.3) is 34.0 Å². The number of aromatic nitrogens is 6. The van der Waals surface area contributed by atoms with E-state index in [0.29, 0.717) is 17.3 Å². The first-order valence-electron chi connectivity index (χ1n) is 10.1. The number of halogens is 1. The van der Waals surface area contributed by atoms with E-state index in [1.807, 2.05) is 28.8 Å². The van der Waals surface area contributed by atoms with Crippen LogP contribution in [0.2, 0.25) is 0 Å². The highest BCUT2D eigenvalue weighted by atomic mass is 19.1. The van der Waals surface area contributed by atoms with Gasteiger partial charge in [-0.2, -0.15) is 5.10 Å². The number of fused-ring (bicyclic) bond motifs is 1. The Bertz CT molecular complexity index is 1490. The molecule has 0 spiro atoms. The maximum atomic E-state index is 13.9. The van der Waals surface area contributed by atoms with Crippen molar-refractivity contribution in [2.24, 2.45) is 0 Å². The van der Waals surface area contributed by atoms with Crippen molar-refractivity contribution in [2.75, 3.05) is 19.5 Å². The van der Waals surface area contributed by atoms with Crippen LogP contribution >= 0.6 is 0 Å². The van der Waals surface area contributed by atoms with E-state index in [1.165, 1.54) is 26.6 Å². The van der Waals surface area contributed by atoms with Crippen LogP contribution in [0, 0.1) is 5.82 Å². The quantitative estimate of drug-likeness (QED) is 0.424. The Balaban J connectivity index is 1.53. The van der Waals surface area contributed by atoms with E-state index in [9.17, 15) is 9.18 Å². The van der Waals surface area contributed by atoms with Gasteiger partial charge in [0, 0.05) is 29.6 Å². The Morgan fingerprint density at radius 2 is 1.85 bits per heavy atom. The first-order chi connectivity index (χ1) is 16.6. The second kappa shape index (κ2) is 8.62. The van der Waals surface area contributed by atoms with E-state index in [2.05, 4.69) is 30.1 Å². The van der Waals surface area contributed by atoms with Crippen LogP contribution in [-0.4, -0.2) is 49.4 Å². The number of ether oxygens (including phenoxy) is 2. The third-order valence-corrected chi connectivity index (χ3v) is 5.17. The average molecular weight is 459 g/mol. The highest BCUT2D eigenvalue weighted by molar-refractivity contribution is 5.83. The molecule has 10 nitrogen and oxygen atoms in total. The van der Waals surface area contributed by atoms with E-state index in [-0.39, 0.29) is 5.75 Å². The molecule has 0 atom stereocenters. The van der Waals surface area contributed by atoms with Gasteiger partial charge in [-0.15, -0.1) is 0 Å². The summed E-state index contributed by atoms with van der Waals surface area (Å²) in [5.74, 6) is 0.585. The number of benzene rings is 1. The van der Waals surface area contributed by atoms with Gasteiger partial charge in [-0.05, 0) is 36.4 Å². The van der Waals surface area contributed by atoms with Crippen molar-refractivity contribution in [3.05, 3.63) is 73.2 Å². The molecule has 5 rings (SSSR count). The monoisotopic (exact) mass is 459 g/mol. The molecule has 11 heteroatoms. The van der Waals surface area contributed by atoms with E-state index in [1.54, 1.807) is 35.3 Å². The summed E-state index contributed by atoms with van der Waals surface area (Å²) < 4.78 is 27.1. The van der Waals surface area contributed by atoms with Crippen LogP contribution in [0.5, 0.6) is 5.75 Å². The van der Waals surface area contributed by atoms with Crippen LogP contribution in [0.3, 0.4) is 0 Å². The molecule has 0 fully saturated rings. The smallest absolute Gasteiger partial charge is 0.412 e. The lowest BCUT2D eigenvalue weighted by molar-refractivity contribution is 0.187. The normalized spacial score (nSPS) is 10.9. The number of anilines is 1. The summed E-state index contributed by atoms with van der Waals surface area (Å²) in [7, 11) is 2.69. The summed E-state index contributed by atoms with van der Waals surface area (Å²) in [6.07, 6.45) is 6.09. The Morgan fingerprint density at radius 1 is 1.00 bits per heavy atom. The first kappa shape index (κ1) is 21.1. The average Bonchev–Trinajstić information content (AvgIpc) is 3.52. The number of rotatable bonds is 5. The van der Waals surface area contributed by atoms with Gasteiger partial charge in [0.15, 0.2) is 17.4 Å². The van der Waals surface area contributed by atoms with Gasteiger partial charge in [-0.3, -0.25) is 9.72 Å². The number of nitrogens with one attached hydrogen (secondary N) is 1. The van der Waals surface area contributed by atoms with Crippen LogP contribution in [-0.2, 0) is 4.74 Å². The molecule has 1 N–H and O–H groups in total.